The topological polar surface area (TPSA) is 87.1 Å². The lowest BCUT2D eigenvalue weighted by Crippen LogP contribution is -2.56. The molecule has 1 amide bonds. The summed E-state index contributed by atoms with van der Waals surface area (Å²) in [6, 6.07) is 13.0. The van der Waals surface area contributed by atoms with Gasteiger partial charge in [0.15, 0.2) is 0 Å². The summed E-state index contributed by atoms with van der Waals surface area (Å²) in [6.07, 6.45) is -1.82. The molecular weight excluding hydrogens is 429 g/mol. The van der Waals surface area contributed by atoms with Gasteiger partial charge in [-0.3, -0.25) is 9.59 Å². The maximum Gasteiger partial charge on any atom is 0.306 e. The summed E-state index contributed by atoms with van der Waals surface area (Å²) in [5.41, 5.74) is 1.47. The molecule has 0 aliphatic carbocycles. The van der Waals surface area contributed by atoms with Gasteiger partial charge in [0.05, 0.1) is 25.1 Å². The highest BCUT2D eigenvalue weighted by atomic mass is 35.5. The molecule has 0 aromatic heterocycles. The average molecular weight is 452 g/mol. The number of carboxylic acid groups (broad SMARTS) is 1. The fraction of sp³-hybridized carbons (Fsp3) is 0.364. The molecule has 1 aliphatic rings. The Morgan fingerprint density at radius 3 is 2.40 bits per heavy atom. The van der Waals surface area contributed by atoms with E-state index in [1.165, 1.54) is 0 Å². The Hall–Kier alpha value is -2.12. The summed E-state index contributed by atoms with van der Waals surface area (Å²) in [5.74, 6) is -1.60. The summed E-state index contributed by atoms with van der Waals surface area (Å²) >= 11 is 12.2. The van der Waals surface area contributed by atoms with E-state index < -0.39 is 42.6 Å². The number of rotatable bonds is 7. The normalized spacial score (nSPS) is 22.7. The molecule has 4 atom stereocenters. The van der Waals surface area contributed by atoms with Gasteiger partial charge >= 0.3 is 5.97 Å². The van der Waals surface area contributed by atoms with E-state index in [1.807, 2.05) is 13.0 Å². The van der Waals surface area contributed by atoms with Gasteiger partial charge in [-0.25, -0.2) is 0 Å². The number of nitrogens with zero attached hydrogens (tertiary/aromatic N) is 1. The van der Waals surface area contributed by atoms with Crippen LogP contribution in [0.4, 0.5) is 0 Å². The fourth-order valence-electron chi connectivity index (χ4n) is 3.81. The van der Waals surface area contributed by atoms with Crippen LogP contribution in [0.3, 0.4) is 0 Å². The molecule has 160 valence electrons. The second-order valence-corrected chi connectivity index (χ2v) is 8.06. The van der Waals surface area contributed by atoms with Crippen molar-refractivity contribution in [2.45, 2.75) is 44.1 Å². The molecular formula is C22H23Cl2NO5. The van der Waals surface area contributed by atoms with Crippen molar-refractivity contribution >= 4 is 35.1 Å². The monoisotopic (exact) mass is 451 g/mol. The van der Waals surface area contributed by atoms with Crippen LogP contribution < -0.4 is 0 Å². The molecule has 0 spiro atoms. The number of ether oxygens (including phenoxy) is 1. The Morgan fingerprint density at radius 1 is 1.13 bits per heavy atom. The highest BCUT2D eigenvalue weighted by Crippen LogP contribution is 2.44. The second-order valence-electron chi connectivity index (χ2n) is 7.18. The predicted octanol–water partition coefficient (Wildman–Crippen LogP) is 4.25. The predicted molar refractivity (Wildman–Crippen MR) is 114 cm³/mol. The van der Waals surface area contributed by atoms with Gasteiger partial charge in [0, 0.05) is 10.0 Å². The Kier molecular flexibility index (Phi) is 7.36. The van der Waals surface area contributed by atoms with Gasteiger partial charge in [-0.05, 0) is 41.8 Å². The Balaban J connectivity index is 2.16. The van der Waals surface area contributed by atoms with E-state index in [4.69, 9.17) is 27.9 Å². The number of carboxylic acids is 1. The van der Waals surface area contributed by atoms with Crippen LogP contribution in [0.2, 0.25) is 10.0 Å². The van der Waals surface area contributed by atoms with Crippen LogP contribution in [-0.4, -0.2) is 45.7 Å². The first-order chi connectivity index (χ1) is 14.3. The largest absolute Gasteiger partial charge is 0.481 e. The zero-order chi connectivity index (χ0) is 21.8. The third-order valence-corrected chi connectivity index (χ3v) is 5.74. The standard InChI is InChI=1S/C22H23Cl2NO5/c1-2-17(12-26)25-20(13-6-8-15(23)9-7-13)21(14-4-3-5-16(24)10-14)30-18(22(25)29)11-19(27)28/h3-10,17-18,20-21,26H,2,11-12H2,1H3,(H,27,28)/t17-,18-,20+,21+/m0/s1. The molecule has 0 bridgehead atoms. The Morgan fingerprint density at radius 2 is 1.83 bits per heavy atom. The minimum atomic E-state index is -1.17. The van der Waals surface area contributed by atoms with Gasteiger partial charge in [-0.15, -0.1) is 0 Å². The van der Waals surface area contributed by atoms with Gasteiger partial charge in [-0.1, -0.05) is 54.4 Å². The number of amides is 1. The first-order valence-electron chi connectivity index (χ1n) is 9.66. The van der Waals surface area contributed by atoms with Crippen molar-refractivity contribution in [3.05, 3.63) is 69.7 Å². The van der Waals surface area contributed by atoms with Crippen molar-refractivity contribution in [1.29, 1.82) is 0 Å². The molecule has 1 heterocycles. The third kappa shape index (κ3) is 4.78. The SMILES string of the molecule is CC[C@@H](CO)N1C(=O)[C@H](CC(=O)O)O[C@H](c2cccc(Cl)c2)[C@H]1c1ccc(Cl)cc1. The first-order valence-corrected chi connectivity index (χ1v) is 10.4. The van der Waals surface area contributed by atoms with Crippen molar-refractivity contribution < 1.29 is 24.5 Å². The van der Waals surface area contributed by atoms with E-state index >= 15 is 0 Å². The van der Waals surface area contributed by atoms with Gasteiger partial charge in [0.2, 0.25) is 0 Å². The maximum atomic E-state index is 13.3. The molecule has 2 aromatic carbocycles. The molecule has 2 N–H and O–H groups in total. The lowest BCUT2D eigenvalue weighted by molar-refractivity contribution is -0.184. The van der Waals surface area contributed by atoms with Crippen molar-refractivity contribution in [3.8, 4) is 0 Å². The molecule has 1 fully saturated rings. The molecule has 0 unspecified atom stereocenters. The summed E-state index contributed by atoms with van der Waals surface area (Å²) in [7, 11) is 0. The maximum absolute atomic E-state index is 13.3. The van der Waals surface area contributed by atoms with Crippen molar-refractivity contribution in [2.24, 2.45) is 0 Å². The quantitative estimate of drug-likeness (QED) is 0.656. The smallest absolute Gasteiger partial charge is 0.306 e. The van der Waals surface area contributed by atoms with Gasteiger partial charge in [-0.2, -0.15) is 0 Å². The van der Waals surface area contributed by atoms with E-state index in [2.05, 4.69) is 0 Å². The number of hydrogen-bond acceptors (Lipinski definition) is 4. The number of halogens is 2. The van der Waals surface area contributed by atoms with Crippen LogP contribution in [0.1, 0.15) is 43.0 Å². The number of aliphatic carboxylic acids is 1. The third-order valence-electron chi connectivity index (χ3n) is 5.25. The Labute approximate surface area is 185 Å². The fourth-order valence-corrected chi connectivity index (χ4v) is 4.14. The van der Waals surface area contributed by atoms with Crippen LogP contribution >= 0.6 is 23.2 Å². The number of morpholine rings is 1. The molecule has 8 heteroatoms. The zero-order valence-electron chi connectivity index (χ0n) is 16.4. The lowest BCUT2D eigenvalue weighted by atomic mass is 9.89. The van der Waals surface area contributed by atoms with E-state index in [9.17, 15) is 19.8 Å². The summed E-state index contributed by atoms with van der Waals surface area (Å²) in [4.78, 5) is 26.2. The highest BCUT2D eigenvalue weighted by molar-refractivity contribution is 6.30. The molecule has 0 radical (unpaired) electrons. The number of benzene rings is 2. The number of hydrogen-bond donors (Lipinski definition) is 2. The second kappa shape index (κ2) is 9.79. The Bertz CT molecular complexity index is 901. The van der Waals surface area contributed by atoms with E-state index in [-0.39, 0.29) is 6.61 Å². The molecule has 6 nitrogen and oxygen atoms in total. The van der Waals surface area contributed by atoms with Crippen LogP contribution in [-0.2, 0) is 14.3 Å². The summed E-state index contributed by atoms with van der Waals surface area (Å²) in [5, 5.41) is 20.3. The van der Waals surface area contributed by atoms with Crippen molar-refractivity contribution in [2.75, 3.05) is 6.61 Å². The molecule has 2 aromatic rings. The van der Waals surface area contributed by atoms with E-state index in [1.54, 1.807) is 47.4 Å². The summed E-state index contributed by atoms with van der Waals surface area (Å²) in [6.45, 7) is 1.61. The van der Waals surface area contributed by atoms with E-state index in [0.29, 0.717) is 22.0 Å². The number of carbonyl (C=O) groups excluding carboxylic acids is 1. The van der Waals surface area contributed by atoms with Crippen molar-refractivity contribution in [1.82, 2.24) is 4.90 Å². The van der Waals surface area contributed by atoms with Crippen LogP contribution in [0.25, 0.3) is 0 Å². The molecule has 30 heavy (non-hydrogen) atoms. The van der Waals surface area contributed by atoms with Crippen molar-refractivity contribution in [3.63, 3.8) is 0 Å². The first kappa shape index (κ1) is 22.6. The molecule has 1 saturated heterocycles. The molecule has 3 rings (SSSR count). The van der Waals surface area contributed by atoms with Crippen LogP contribution in [0.5, 0.6) is 0 Å². The van der Waals surface area contributed by atoms with E-state index in [0.717, 1.165) is 5.56 Å². The van der Waals surface area contributed by atoms with Gasteiger partial charge in [0.25, 0.3) is 5.91 Å². The minimum Gasteiger partial charge on any atom is -0.481 e. The van der Waals surface area contributed by atoms with Gasteiger partial charge in [0.1, 0.15) is 12.2 Å². The zero-order valence-corrected chi connectivity index (χ0v) is 17.9. The van der Waals surface area contributed by atoms with Gasteiger partial charge < -0.3 is 19.8 Å². The highest BCUT2D eigenvalue weighted by Gasteiger charge is 2.46. The number of aliphatic hydroxyl groups excluding tert-OH is 1. The number of carbonyl (C=O) groups is 2. The van der Waals surface area contributed by atoms with Crippen LogP contribution in [0.15, 0.2) is 48.5 Å². The number of aliphatic hydroxyl groups is 1. The minimum absolute atomic E-state index is 0.256. The average Bonchev–Trinajstić information content (AvgIpc) is 2.71. The lowest BCUT2D eigenvalue weighted by Gasteiger charge is -2.47. The molecule has 1 aliphatic heterocycles. The summed E-state index contributed by atoms with van der Waals surface area (Å²) < 4.78 is 6.07. The molecule has 0 saturated carbocycles. The van der Waals surface area contributed by atoms with Crippen LogP contribution in [0, 0.1) is 0 Å².